The van der Waals surface area contributed by atoms with E-state index in [0.717, 1.165) is 23.2 Å². The molecular weight excluding hydrogens is 380 g/mol. The molecule has 0 bridgehead atoms. The van der Waals surface area contributed by atoms with Gasteiger partial charge >= 0.3 is 11.9 Å². The van der Waals surface area contributed by atoms with Crippen LogP contribution in [0.15, 0.2) is 71.4 Å². The van der Waals surface area contributed by atoms with Gasteiger partial charge in [-0.15, -0.1) is 0 Å². The van der Waals surface area contributed by atoms with E-state index < -0.39 is 26.3 Å². The third-order valence-corrected chi connectivity index (χ3v) is 7.81. The molecule has 2 aromatic rings. The second-order valence-electron chi connectivity index (χ2n) is 8.06. The summed E-state index contributed by atoms with van der Waals surface area (Å²) in [5.74, 6) is -1.56. The highest BCUT2D eigenvalue weighted by molar-refractivity contribution is 6.94. The fraction of sp³-hybridized carbons (Fsp3) is 0.333. The van der Waals surface area contributed by atoms with Crippen molar-refractivity contribution < 1.29 is 19.4 Å². The van der Waals surface area contributed by atoms with Crippen molar-refractivity contribution in [1.82, 2.24) is 0 Å². The maximum absolute atomic E-state index is 13.1. The molecule has 29 heavy (non-hydrogen) atoms. The van der Waals surface area contributed by atoms with Crippen LogP contribution in [0.4, 0.5) is 0 Å². The van der Waals surface area contributed by atoms with E-state index >= 15 is 0 Å². The molecule has 0 heterocycles. The summed E-state index contributed by atoms with van der Waals surface area (Å²) in [7, 11) is -2.37. The van der Waals surface area contributed by atoms with Gasteiger partial charge < -0.3 is 9.84 Å². The van der Waals surface area contributed by atoms with Gasteiger partial charge in [0.05, 0.1) is 0 Å². The van der Waals surface area contributed by atoms with E-state index in [2.05, 4.69) is 0 Å². The van der Waals surface area contributed by atoms with Crippen molar-refractivity contribution in [3.05, 3.63) is 71.4 Å². The highest BCUT2D eigenvalue weighted by Gasteiger charge is 2.33. The lowest BCUT2D eigenvalue weighted by Gasteiger charge is -2.24. The number of rotatable bonds is 8. The van der Waals surface area contributed by atoms with Crippen molar-refractivity contribution in [3.63, 3.8) is 0 Å². The van der Waals surface area contributed by atoms with Crippen molar-refractivity contribution in [2.45, 2.75) is 52.6 Å². The lowest BCUT2D eigenvalue weighted by Crippen LogP contribution is -2.47. The summed E-state index contributed by atoms with van der Waals surface area (Å²) >= 11 is 0. The average molecular weight is 411 g/mol. The van der Waals surface area contributed by atoms with Gasteiger partial charge in [0.2, 0.25) is 0 Å². The molecule has 0 amide bonds. The van der Waals surface area contributed by atoms with E-state index in [1.807, 2.05) is 67.6 Å². The molecule has 4 nitrogen and oxygen atoms in total. The zero-order valence-corrected chi connectivity index (χ0v) is 18.8. The van der Waals surface area contributed by atoms with Gasteiger partial charge in [-0.1, -0.05) is 84.4 Å². The first-order valence-corrected chi connectivity index (χ1v) is 11.8. The summed E-state index contributed by atoms with van der Waals surface area (Å²) < 4.78 is 5.61. The first kappa shape index (κ1) is 22.6. The number of ether oxygens (including phenoxy) is 1. The van der Waals surface area contributed by atoms with Crippen LogP contribution >= 0.6 is 0 Å². The van der Waals surface area contributed by atoms with Crippen LogP contribution in [0.2, 0.25) is 0 Å². The molecule has 0 unspecified atom stereocenters. The van der Waals surface area contributed by atoms with Gasteiger partial charge in [0.1, 0.15) is 14.4 Å². The van der Waals surface area contributed by atoms with E-state index in [1.54, 1.807) is 20.8 Å². The summed E-state index contributed by atoms with van der Waals surface area (Å²) in [5, 5.41) is 12.4. The Morgan fingerprint density at radius 3 is 1.79 bits per heavy atom. The Kier molecular flexibility index (Phi) is 7.97. The lowest BCUT2D eigenvalue weighted by atomic mass is 10.1. The second kappa shape index (κ2) is 10.2. The number of carboxylic acids is 1. The molecule has 5 heteroatoms. The minimum absolute atomic E-state index is 0.227. The van der Waals surface area contributed by atoms with Crippen LogP contribution in [0.1, 0.15) is 47.0 Å². The molecule has 1 N–H and O–H groups in total. The molecule has 0 saturated carbocycles. The van der Waals surface area contributed by atoms with Crippen molar-refractivity contribution in [3.8, 4) is 0 Å². The number of hydrogen-bond acceptors (Lipinski definition) is 3. The van der Waals surface area contributed by atoms with Crippen molar-refractivity contribution in [2.75, 3.05) is 0 Å². The van der Waals surface area contributed by atoms with Crippen LogP contribution < -0.4 is 10.4 Å². The Labute approximate surface area is 174 Å². The average Bonchev–Trinajstić information content (AvgIpc) is 2.67. The number of carbonyl (C=O) groups is 2. The van der Waals surface area contributed by atoms with Gasteiger partial charge in [-0.2, -0.15) is 0 Å². The number of aliphatic carboxylic acids is 1. The maximum atomic E-state index is 13.1. The molecule has 0 saturated heterocycles. The number of unbranched alkanes of at least 4 members (excludes halogenated alkanes) is 1. The second-order valence-corrected chi connectivity index (χ2v) is 10.8. The molecule has 0 radical (unpaired) electrons. The quantitative estimate of drug-likeness (QED) is 0.411. The summed E-state index contributed by atoms with van der Waals surface area (Å²) in [5.41, 5.74) is -0.382. The van der Waals surface area contributed by atoms with E-state index in [0.29, 0.717) is 12.0 Å². The van der Waals surface area contributed by atoms with Crippen molar-refractivity contribution in [2.24, 2.45) is 0 Å². The molecule has 0 fully saturated rings. The van der Waals surface area contributed by atoms with E-state index in [1.165, 1.54) is 0 Å². The third-order valence-electron chi connectivity index (χ3n) is 4.54. The fourth-order valence-electron chi connectivity index (χ4n) is 3.28. The normalized spacial score (nSPS) is 12.4. The van der Waals surface area contributed by atoms with Gasteiger partial charge in [-0.05, 0) is 33.6 Å². The van der Waals surface area contributed by atoms with Gasteiger partial charge in [-0.25, -0.2) is 9.59 Å². The molecule has 0 aliphatic carbocycles. The molecule has 0 aliphatic rings. The van der Waals surface area contributed by atoms with Crippen molar-refractivity contribution >= 4 is 31.1 Å². The largest absolute Gasteiger partial charge is 0.478 e. The monoisotopic (exact) mass is 410 g/mol. The van der Waals surface area contributed by atoms with Gasteiger partial charge in [-0.3, -0.25) is 0 Å². The Balaban J connectivity index is 2.72. The first-order chi connectivity index (χ1) is 13.7. The van der Waals surface area contributed by atoms with Crippen molar-refractivity contribution in [1.29, 1.82) is 0 Å². The predicted molar refractivity (Wildman–Crippen MR) is 119 cm³/mol. The molecule has 0 atom stereocenters. The van der Waals surface area contributed by atoms with E-state index in [-0.39, 0.29) is 5.20 Å². The van der Waals surface area contributed by atoms with Crippen LogP contribution in [-0.4, -0.2) is 31.4 Å². The number of carbonyl (C=O) groups excluding carboxylic acids is 1. The summed E-state index contributed by atoms with van der Waals surface area (Å²) in [6, 6.07) is 19.3. The molecule has 0 aliphatic heterocycles. The van der Waals surface area contributed by atoms with Crippen LogP contribution in [0.25, 0.3) is 0 Å². The molecule has 2 aromatic carbocycles. The topological polar surface area (TPSA) is 63.6 Å². The van der Waals surface area contributed by atoms with Crippen LogP contribution in [0.5, 0.6) is 0 Å². The van der Waals surface area contributed by atoms with Gasteiger partial charge in [0.15, 0.2) is 0 Å². The first-order valence-electron chi connectivity index (χ1n) is 10.0. The zero-order chi connectivity index (χ0) is 21.4. The van der Waals surface area contributed by atoms with Crippen LogP contribution in [0, 0.1) is 0 Å². The Bertz CT molecular complexity index is 812. The number of hydrogen-bond donors (Lipinski definition) is 1. The predicted octanol–water partition coefficient (Wildman–Crippen LogP) is 3.48. The Morgan fingerprint density at radius 1 is 0.931 bits per heavy atom. The molecule has 0 aromatic heterocycles. The zero-order valence-electron chi connectivity index (χ0n) is 17.6. The minimum atomic E-state index is -2.37. The van der Waals surface area contributed by atoms with E-state index in [9.17, 15) is 14.7 Å². The fourth-order valence-corrected chi connectivity index (χ4v) is 6.41. The molecule has 154 valence electrons. The highest BCUT2D eigenvalue weighted by atomic mass is 28.3. The maximum Gasteiger partial charge on any atom is 0.334 e. The van der Waals surface area contributed by atoms with Gasteiger partial charge in [0, 0.05) is 10.8 Å². The molecular formula is C24H30O4Si. The molecule has 2 rings (SSSR count). The standard InChI is InChI=1S/C24H30O4Si/c1-5-6-17-20(23(27)28-24(2,3)4)21(22(25)26)29(18-13-9-7-10-14-18)19-15-11-8-12-16-19/h7-16,29H,5-6,17H2,1-4H3,(H,25,26)/b21-20+. The number of esters is 1. The summed E-state index contributed by atoms with van der Waals surface area (Å²) in [6.45, 7) is 7.42. The minimum Gasteiger partial charge on any atom is -0.478 e. The number of benzene rings is 2. The lowest BCUT2D eigenvalue weighted by molar-refractivity contribution is -0.150. The van der Waals surface area contributed by atoms with Gasteiger partial charge in [0.25, 0.3) is 0 Å². The number of carboxylic acid groups (broad SMARTS) is 1. The SMILES string of the molecule is CCCC/C(C(=O)OC(C)(C)C)=C(/C(=O)O)[SiH](c1ccccc1)c1ccccc1. The summed E-state index contributed by atoms with van der Waals surface area (Å²) in [6.07, 6.45) is 1.99. The third kappa shape index (κ3) is 6.43. The summed E-state index contributed by atoms with van der Waals surface area (Å²) in [4.78, 5) is 25.6. The smallest absolute Gasteiger partial charge is 0.334 e. The Morgan fingerprint density at radius 2 is 1.41 bits per heavy atom. The Hall–Kier alpha value is -2.66. The highest BCUT2D eigenvalue weighted by Crippen LogP contribution is 2.21. The molecule has 0 spiro atoms. The van der Waals surface area contributed by atoms with E-state index in [4.69, 9.17) is 4.74 Å². The van der Waals surface area contributed by atoms with Crippen LogP contribution in [-0.2, 0) is 14.3 Å². The van der Waals surface area contributed by atoms with Crippen LogP contribution in [0.3, 0.4) is 0 Å².